The highest BCUT2D eigenvalue weighted by Crippen LogP contribution is 2.25. The molecule has 0 aliphatic carbocycles. The monoisotopic (exact) mass is 199 g/mol. The highest BCUT2D eigenvalue weighted by molar-refractivity contribution is 7.12. The van der Waals surface area contributed by atoms with Gasteiger partial charge in [0.15, 0.2) is 0 Å². The Morgan fingerprint density at radius 3 is 2.85 bits per heavy atom. The number of aromatic carboxylic acids is 1. The van der Waals surface area contributed by atoms with E-state index >= 15 is 0 Å². The van der Waals surface area contributed by atoms with Crippen LogP contribution >= 0.6 is 11.3 Å². The minimum Gasteiger partial charge on any atom is -0.477 e. The van der Waals surface area contributed by atoms with Crippen molar-refractivity contribution in [1.82, 2.24) is 5.01 Å². The lowest BCUT2D eigenvalue weighted by Crippen LogP contribution is -1.99. The first-order valence-electron chi connectivity index (χ1n) is 3.51. The first kappa shape index (κ1) is 9.66. The molecule has 0 amide bonds. The molecule has 1 aromatic heterocycles. The molecular formula is C7H9N3O2S. The quantitative estimate of drug-likeness (QED) is 0.598. The molecule has 13 heavy (non-hydrogen) atoms. The Morgan fingerprint density at radius 1 is 1.62 bits per heavy atom. The topological polar surface area (TPSA) is 65.3 Å². The van der Waals surface area contributed by atoms with Crippen LogP contribution in [0.25, 0.3) is 0 Å². The lowest BCUT2D eigenvalue weighted by molar-refractivity contribution is 0.0703. The summed E-state index contributed by atoms with van der Waals surface area (Å²) in [6, 6.07) is 1.63. The molecule has 5 nitrogen and oxygen atoms in total. The molecular weight excluding hydrogens is 190 g/mol. The lowest BCUT2D eigenvalue weighted by atomic mass is 10.4. The fraction of sp³-hybridized carbons (Fsp3) is 0.286. The van der Waals surface area contributed by atoms with Gasteiger partial charge in [0, 0.05) is 14.1 Å². The molecule has 70 valence electrons. The van der Waals surface area contributed by atoms with Gasteiger partial charge in [-0.1, -0.05) is 5.22 Å². The maximum Gasteiger partial charge on any atom is 0.348 e. The van der Waals surface area contributed by atoms with Crippen LogP contribution in [0.15, 0.2) is 21.8 Å². The van der Waals surface area contributed by atoms with Crippen molar-refractivity contribution in [3.05, 3.63) is 16.3 Å². The van der Waals surface area contributed by atoms with E-state index in [2.05, 4.69) is 10.3 Å². The molecule has 0 saturated carbocycles. The minimum absolute atomic E-state index is 0.214. The zero-order valence-corrected chi connectivity index (χ0v) is 8.08. The molecule has 0 aromatic carbocycles. The second kappa shape index (κ2) is 3.99. The Hall–Kier alpha value is -1.43. The van der Waals surface area contributed by atoms with Crippen molar-refractivity contribution in [2.24, 2.45) is 10.3 Å². The smallest absolute Gasteiger partial charge is 0.348 e. The first-order valence-corrected chi connectivity index (χ1v) is 4.39. The fourth-order valence-corrected chi connectivity index (χ4v) is 1.34. The maximum absolute atomic E-state index is 10.6. The summed E-state index contributed by atoms with van der Waals surface area (Å²) in [5.74, 6) is -0.970. The Bertz CT molecular complexity index is 332. The molecule has 0 aliphatic rings. The highest BCUT2D eigenvalue weighted by atomic mass is 32.1. The van der Waals surface area contributed by atoms with Gasteiger partial charge >= 0.3 is 5.97 Å². The number of hydrogen-bond acceptors (Lipinski definition) is 4. The van der Waals surface area contributed by atoms with Gasteiger partial charge in [-0.3, -0.25) is 5.01 Å². The zero-order chi connectivity index (χ0) is 9.84. The number of hydrogen-bond donors (Lipinski definition) is 1. The van der Waals surface area contributed by atoms with Crippen molar-refractivity contribution in [3.63, 3.8) is 0 Å². The normalized spacial score (nSPS) is 10.6. The Labute approximate surface area is 79.3 Å². The third-order valence-corrected chi connectivity index (χ3v) is 2.06. The molecule has 1 rings (SSSR count). The minimum atomic E-state index is -0.970. The molecule has 6 heteroatoms. The van der Waals surface area contributed by atoms with Gasteiger partial charge in [0.2, 0.25) is 0 Å². The standard InChI is InChI=1S/C7H9N3O2S/c1-10(2)9-8-5-3-4-13-6(5)7(11)12/h3-4H,1-2H3,(H,11,12). The van der Waals surface area contributed by atoms with E-state index in [0.29, 0.717) is 5.69 Å². The molecule has 1 aromatic rings. The van der Waals surface area contributed by atoms with Crippen LogP contribution in [0, 0.1) is 0 Å². The van der Waals surface area contributed by atoms with E-state index in [1.54, 1.807) is 25.5 Å². The van der Waals surface area contributed by atoms with E-state index < -0.39 is 5.97 Å². The predicted octanol–water partition coefficient (Wildman–Crippen LogP) is 2.01. The SMILES string of the molecule is CN(C)N=Nc1ccsc1C(=O)O. The molecule has 0 atom stereocenters. The van der Waals surface area contributed by atoms with Gasteiger partial charge in [-0.15, -0.1) is 16.5 Å². The van der Waals surface area contributed by atoms with Crippen molar-refractivity contribution in [1.29, 1.82) is 0 Å². The maximum atomic E-state index is 10.6. The fourth-order valence-electron chi connectivity index (χ4n) is 0.679. The molecule has 0 fully saturated rings. The number of carboxylic acids is 1. The summed E-state index contributed by atoms with van der Waals surface area (Å²) in [5.41, 5.74) is 0.395. The molecule has 0 unspecified atom stereocenters. The Kier molecular flexibility index (Phi) is 2.97. The average molecular weight is 199 g/mol. The summed E-state index contributed by atoms with van der Waals surface area (Å²) in [7, 11) is 3.44. The summed E-state index contributed by atoms with van der Waals surface area (Å²) in [6.07, 6.45) is 0. The van der Waals surface area contributed by atoms with Crippen LogP contribution in [-0.2, 0) is 0 Å². The molecule has 1 heterocycles. The summed E-state index contributed by atoms with van der Waals surface area (Å²) >= 11 is 1.14. The lowest BCUT2D eigenvalue weighted by Gasteiger charge is -1.99. The Balaban J connectivity index is 2.88. The molecule has 1 N–H and O–H groups in total. The first-order chi connectivity index (χ1) is 6.11. The van der Waals surface area contributed by atoms with Crippen LogP contribution in [0.3, 0.4) is 0 Å². The van der Waals surface area contributed by atoms with Gasteiger partial charge in [-0.2, -0.15) is 0 Å². The van der Waals surface area contributed by atoms with E-state index in [1.807, 2.05) is 0 Å². The van der Waals surface area contributed by atoms with Crippen LogP contribution in [0.4, 0.5) is 5.69 Å². The summed E-state index contributed by atoms with van der Waals surface area (Å²) in [6.45, 7) is 0. The van der Waals surface area contributed by atoms with Gasteiger partial charge < -0.3 is 5.11 Å². The van der Waals surface area contributed by atoms with Gasteiger partial charge in [0.1, 0.15) is 10.6 Å². The third kappa shape index (κ3) is 2.51. The number of carbonyl (C=O) groups is 1. The van der Waals surface area contributed by atoms with Gasteiger partial charge in [0.25, 0.3) is 0 Å². The van der Waals surface area contributed by atoms with Crippen molar-refractivity contribution in [2.75, 3.05) is 14.1 Å². The van der Waals surface area contributed by atoms with Crippen LogP contribution in [0.1, 0.15) is 9.67 Å². The largest absolute Gasteiger partial charge is 0.477 e. The van der Waals surface area contributed by atoms with Gasteiger partial charge in [-0.05, 0) is 11.4 Å². The summed E-state index contributed by atoms with van der Waals surface area (Å²) in [5, 5.41) is 19.4. The second-order valence-electron chi connectivity index (χ2n) is 2.48. The summed E-state index contributed by atoms with van der Waals surface area (Å²) < 4.78 is 0. The van der Waals surface area contributed by atoms with Crippen molar-refractivity contribution in [3.8, 4) is 0 Å². The molecule has 0 aliphatic heterocycles. The average Bonchev–Trinajstić information content (AvgIpc) is 2.47. The van der Waals surface area contributed by atoms with Crippen molar-refractivity contribution >= 4 is 23.0 Å². The van der Waals surface area contributed by atoms with E-state index in [9.17, 15) is 4.79 Å². The second-order valence-corrected chi connectivity index (χ2v) is 3.39. The number of thiophene rings is 1. The van der Waals surface area contributed by atoms with Crippen molar-refractivity contribution in [2.45, 2.75) is 0 Å². The van der Waals surface area contributed by atoms with E-state index in [1.165, 1.54) is 5.01 Å². The highest BCUT2D eigenvalue weighted by Gasteiger charge is 2.10. The van der Waals surface area contributed by atoms with Gasteiger partial charge in [0.05, 0.1) is 0 Å². The number of rotatable bonds is 3. The van der Waals surface area contributed by atoms with E-state index in [0.717, 1.165) is 11.3 Å². The van der Waals surface area contributed by atoms with E-state index in [4.69, 9.17) is 5.11 Å². The third-order valence-electron chi connectivity index (χ3n) is 1.17. The van der Waals surface area contributed by atoms with Crippen LogP contribution < -0.4 is 0 Å². The van der Waals surface area contributed by atoms with Crippen molar-refractivity contribution < 1.29 is 9.90 Å². The Morgan fingerprint density at radius 2 is 2.31 bits per heavy atom. The molecule has 0 saturated heterocycles. The zero-order valence-electron chi connectivity index (χ0n) is 7.26. The molecule has 0 bridgehead atoms. The molecule has 0 radical (unpaired) electrons. The number of carboxylic acid groups (broad SMARTS) is 1. The number of nitrogens with zero attached hydrogens (tertiary/aromatic N) is 3. The molecule has 0 spiro atoms. The van der Waals surface area contributed by atoms with Gasteiger partial charge in [-0.25, -0.2) is 4.79 Å². The van der Waals surface area contributed by atoms with E-state index in [-0.39, 0.29) is 4.88 Å². The summed E-state index contributed by atoms with van der Waals surface area (Å²) in [4.78, 5) is 10.8. The van der Waals surface area contributed by atoms with Crippen LogP contribution in [-0.4, -0.2) is 30.2 Å². The van der Waals surface area contributed by atoms with Crippen LogP contribution in [0.5, 0.6) is 0 Å². The predicted molar refractivity (Wildman–Crippen MR) is 49.5 cm³/mol. The van der Waals surface area contributed by atoms with Crippen LogP contribution in [0.2, 0.25) is 0 Å².